The largest absolute Gasteiger partial charge is 0.478 e. The van der Waals surface area contributed by atoms with Crippen LogP contribution in [0.2, 0.25) is 0 Å². The van der Waals surface area contributed by atoms with Gasteiger partial charge in [-0.1, -0.05) is 49.4 Å². The quantitative estimate of drug-likeness (QED) is 0.295. The Morgan fingerprint density at radius 3 is 2.39 bits per heavy atom. The number of hydrogen-bond acceptors (Lipinski definition) is 6. The lowest BCUT2D eigenvalue weighted by molar-refractivity contribution is -0.126. The normalized spacial score (nSPS) is 12.4. The van der Waals surface area contributed by atoms with Crippen molar-refractivity contribution in [2.45, 2.75) is 51.2 Å². The molecule has 1 aromatic heterocycles. The number of rotatable bonds is 9. The average molecular weight is 536 g/mol. The van der Waals surface area contributed by atoms with Crippen LogP contribution in [0.15, 0.2) is 65.6 Å². The number of benzene rings is 3. The maximum Gasteiger partial charge on any atom is 0.335 e. The van der Waals surface area contributed by atoms with E-state index in [1.54, 1.807) is 42.5 Å². The Kier molecular flexibility index (Phi) is 7.66. The second-order valence-corrected chi connectivity index (χ2v) is 10.8. The maximum absolute atomic E-state index is 12.9. The van der Waals surface area contributed by atoms with E-state index < -0.39 is 28.0 Å². The molecule has 10 heteroatoms. The Bertz CT molecular complexity index is 1620. The van der Waals surface area contributed by atoms with E-state index in [4.69, 9.17) is 4.98 Å². The van der Waals surface area contributed by atoms with Crippen LogP contribution in [0.5, 0.6) is 0 Å². The number of aromatic carboxylic acids is 1. The molecule has 3 aromatic carbocycles. The molecular weight excluding hydrogens is 506 g/mol. The van der Waals surface area contributed by atoms with Gasteiger partial charge in [0.05, 0.1) is 21.5 Å². The number of imidazole rings is 1. The molecule has 0 saturated heterocycles. The van der Waals surface area contributed by atoms with E-state index in [9.17, 15) is 28.2 Å². The highest BCUT2D eigenvalue weighted by atomic mass is 32.2. The molecule has 0 spiro atoms. The number of carboxylic acid groups (broad SMARTS) is 1. The van der Waals surface area contributed by atoms with Gasteiger partial charge in [-0.3, -0.25) is 4.79 Å². The van der Waals surface area contributed by atoms with Crippen molar-refractivity contribution in [3.8, 4) is 11.1 Å². The molecule has 1 atom stereocenters. The van der Waals surface area contributed by atoms with E-state index >= 15 is 0 Å². The SMILES string of the molecule is CCCc1nc2c(C)cc(C(=O)O)cc2n1Cc1ccc(-c2ccccc2S(=O)(=O)NC(=O)[C@H](C)O)cc1. The number of aromatic nitrogens is 2. The molecule has 3 N–H and O–H groups in total. The van der Waals surface area contributed by atoms with Crippen molar-refractivity contribution < 1.29 is 28.2 Å². The zero-order valence-electron chi connectivity index (χ0n) is 21.3. The van der Waals surface area contributed by atoms with Crippen molar-refractivity contribution in [2.75, 3.05) is 0 Å². The summed E-state index contributed by atoms with van der Waals surface area (Å²) in [6.45, 7) is 5.56. The Balaban J connectivity index is 1.70. The number of amides is 1. The highest BCUT2D eigenvalue weighted by Gasteiger charge is 2.23. The predicted octanol–water partition coefficient (Wildman–Crippen LogP) is 3.90. The topological polar surface area (TPSA) is 139 Å². The summed E-state index contributed by atoms with van der Waals surface area (Å²) in [5.41, 5.74) is 4.49. The van der Waals surface area contributed by atoms with E-state index in [1.807, 2.05) is 28.3 Å². The summed E-state index contributed by atoms with van der Waals surface area (Å²) in [7, 11) is -4.21. The summed E-state index contributed by atoms with van der Waals surface area (Å²) < 4.78 is 29.6. The van der Waals surface area contributed by atoms with Crippen LogP contribution in [0.3, 0.4) is 0 Å². The van der Waals surface area contributed by atoms with Crippen LogP contribution in [-0.4, -0.2) is 46.2 Å². The van der Waals surface area contributed by atoms with Crippen molar-refractivity contribution in [1.82, 2.24) is 14.3 Å². The smallest absolute Gasteiger partial charge is 0.335 e. The number of carboxylic acids is 1. The fourth-order valence-corrected chi connectivity index (χ4v) is 5.62. The number of nitrogens with one attached hydrogen (secondary N) is 1. The van der Waals surface area contributed by atoms with Crippen LogP contribution >= 0.6 is 0 Å². The third-order valence-electron chi connectivity index (χ3n) is 6.24. The minimum absolute atomic E-state index is 0.0794. The van der Waals surface area contributed by atoms with Crippen molar-refractivity contribution >= 4 is 32.9 Å². The zero-order valence-corrected chi connectivity index (χ0v) is 22.1. The highest BCUT2D eigenvalue weighted by Crippen LogP contribution is 2.29. The summed E-state index contributed by atoms with van der Waals surface area (Å²) >= 11 is 0. The lowest BCUT2D eigenvalue weighted by atomic mass is 10.0. The zero-order chi connectivity index (χ0) is 27.6. The van der Waals surface area contributed by atoms with E-state index in [1.165, 1.54) is 13.0 Å². The molecule has 9 nitrogen and oxygen atoms in total. The Hall–Kier alpha value is -4.02. The van der Waals surface area contributed by atoms with E-state index in [0.29, 0.717) is 17.7 Å². The fourth-order valence-electron chi connectivity index (χ4n) is 4.34. The first-order valence-corrected chi connectivity index (χ1v) is 13.7. The first-order valence-electron chi connectivity index (χ1n) is 12.2. The Labute approximate surface area is 220 Å². The van der Waals surface area contributed by atoms with E-state index in [2.05, 4.69) is 6.92 Å². The molecule has 0 aliphatic rings. The second-order valence-electron chi connectivity index (χ2n) is 9.17. The van der Waals surface area contributed by atoms with Crippen molar-refractivity contribution in [3.05, 3.63) is 83.2 Å². The monoisotopic (exact) mass is 535 g/mol. The fraction of sp³-hybridized carbons (Fsp3) is 0.250. The number of sulfonamides is 1. The van der Waals surface area contributed by atoms with Crippen LogP contribution in [0.25, 0.3) is 22.2 Å². The number of nitrogens with zero attached hydrogens (tertiary/aromatic N) is 2. The standard InChI is InChI=1S/C28H29N3O6S/c1-4-7-25-29-26-17(2)14-21(28(34)35)15-23(26)31(25)16-19-10-12-20(13-11-19)22-8-5-6-9-24(22)38(36,37)30-27(33)18(3)32/h5-6,8-15,18,32H,4,7,16H2,1-3H3,(H,30,33)(H,34,35)/t18-/m0/s1. The molecule has 1 amide bonds. The van der Waals surface area contributed by atoms with Crippen LogP contribution in [-0.2, 0) is 27.8 Å². The van der Waals surface area contributed by atoms with Gasteiger partial charge in [-0.15, -0.1) is 0 Å². The number of aliphatic hydroxyl groups excluding tert-OH is 1. The molecule has 0 saturated carbocycles. The van der Waals surface area contributed by atoms with Crippen molar-refractivity contribution in [3.63, 3.8) is 0 Å². The molecule has 0 aliphatic carbocycles. The van der Waals surface area contributed by atoms with Crippen molar-refractivity contribution in [2.24, 2.45) is 0 Å². The Morgan fingerprint density at radius 2 is 1.76 bits per heavy atom. The molecule has 1 heterocycles. The molecule has 0 fully saturated rings. The first kappa shape index (κ1) is 27.0. The summed E-state index contributed by atoms with van der Waals surface area (Å²) in [5.74, 6) is -1.14. The highest BCUT2D eigenvalue weighted by molar-refractivity contribution is 7.90. The average Bonchev–Trinajstić information content (AvgIpc) is 3.22. The molecular formula is C28H29N3O6S. The van der Waals surface area contributed by atoms with Crippen LogP contribution in [0.1, 0.15) is 47.6 Å². The van der Waals surface area contributed by atoms with E-state index in [0.717, 1.165) is 40.8 Å². The van der Waals surface area contributed by atoms with Gasteiger partial charge in [0.25, 0.3) is 15.9 Å². The second kappa shape index (κ2) is 10.8. The van der Waals surface area contributed by atoms with Crippen molar-refractivity contribution in [1.29, 1.82) is 0 Å². The molecule has 4 rings (SSSR count). The summed E-state index contributed by atoms with van der Waals surface area (Å²) in [5, 5.41) is 19.0. The number of carbonyl (C=O) groups excluding carboxylic acids is 1. The number of aliphatic hydroxyl groups is 1. The Morgan fingerprint density at radius 1 is 1.08 bits per heavy atom. The summed E-state index contributed by atoms with van der Waals surface area (Å²) in [6, 6.07) is 16.9. The number of fused-ring (bicyclic) bond motifs is 1. The molecule has 0 unspecified atom stereocenters. The number of carbonyl (C=O) groups is 2. The lowest BCUT2D eigenvalue weighted by Gasteiger charge is -2.14. The molecule has 4 aromatic rings. The van der Waals surface area contributed by atoms with Crippen LogP contribution < -0.4 is 4.72 Å². The minimum atomic E-state index is -4.21. The van der Waals surface area contributed by atoms with Gasteiger partial charge in [0.1, 0.15) is 11.9 Å². The number of hydrogen-bond donors (Lipinski definition) is 3. The van der Waals surface area contributed by atoms with Gasteiger partial charge in [0.2, 0.25) is 0 Å². The van der Waals surface area contributed by atoms with Gasteiger partial charge in [-0.25, -0.2) is 22.9 Å². The van der Waals surface area contributed by atoms with Gasteiger partial charge in [-0.05, 0) is 55.2 Å². The van der Waals surface area contributed by atoms with Crippen LogP contribution in [0, 0.1) is 6.92 Å². The maximum atomic E-state index is 12.9. The minimum Gasteiger partial charge on any atom is -0.478 e. The molecule has 0 aliphatic heterocycles. The summed E-state index contributed by atoms with van der Waals surface area (Å²) in [6.07, 6.45) is 0.144. The molecule has 198 valence electrons. The van der Waals surface area contributed by atoms with Gasteiger partial charge in [0, 0.05) is 18.5 Å². The van der Waals surface area contributed by atoms with E-state index in [-0.39, 0.29) is 10.5 Å². The first-order chi connectivity index (χ1) is 18.0. The predicted molar refractivity (Wildman–Crippen MR) is 143 cm³/mol. The molecule has 0 bridgehead atoms. The molecule has 0 radical (unpaired) electrons. The van der Waals surface area contributed by atoms with Gasteiger partial charge in [-0.2, -0.15) is 0 Å². The number of aryl methyl sites for hydroxylation is 2. The lowest BCUT2D eigenvalue weighted by Crippen LogP contribution is -2.37. The summed E-state index contributed by atoms with van der Waals surface area (Å²) in [4.78, 5) is 28.2. The van der Waals surface area contributed by atoms with Gasteiger partial charge >= 0.3 is 5.97 Å². The van der Waals surface area contributed by atoms with Gasteiger partial charge in [0.15, 0.2) is 0 Å². The van der Waals surface area contributed by atoms with Gasteiger partial charge < -0.3 is 14.8 Å². The van der Waals surface area contributed by atoms with Crippen LogP contribution in [0.4, 0.5) is 0 Å². The third-order valence-corrected chi connectivity index (χ3v) is 7.65. The third kappa shape index (κ3) is 5.46. The molecule has 38 heavy (non-hydrogen) atoms.